The van der Waals surface area contributed by atoms with E-state index in [4.69, 9.17) is 4.74 Å². The zero-order chi connectivity index (χ0) is 17.7. The summed E-state index contributed by atoms with van der Waals surface area (Å²) in [4.78, 5) is 11.1. The fraction of sp³-hybridized carbons (Fsp3) is 0.864. The molecule has 0 radical (unpaired) electrons. The van der Waals surface area contributed by atoms with Crippen molar-refractivity contribution < 1.29 is 9.53 Å². The molecule has 142 valence electrons. The standard InChI is InChI=1S/C22H42O2/c1-3-5-6-7-8-9-10-11-12-13-14-15-16-17-18-19-20-21-22(23)24-4-2/h20-21H,3-19H2,1-2H3. The van der Waals surface area contributed by atoms with Crippen LogP contribution in [-0.2, 0) is 9.53 Å². The van der Waals surface area contributed by atoms with E-state index in [0.717, 1.165) is 6.42 Å². The van der Waals surface area contributed by atoms with Gasteiger partial charge >= 0.3 is 5.97 Å². The van der Waals surface area contributed by atoms with Crippen LogP contribution >= 0.6 is 0 Å². The zero-order valence-electron chi connectivity index (χ0n) is 16.5. The van der Waals surface area contributed by atoms with Crippen LogP contribution in [-0.4, -0.2) is 12.6 Å². The Morgan fingerprint density at radius 2 is 1.08 bits per heavy atom. The number of unbranched alkanes of at least 4 members (excludes halogenated alkanes) is 15. The molecule has 0 bridgehead atoms. The SMILES string of the molecule is CCCCCCCCCCCCCCCCCC=CC(=O)OCC. The Kier molecular flexibility index (Phi) is 19.6. The Bertz CT molecular complexity index is 284. The second kappa shape index (κ2) is 20.3. The summed E-state index contributed by atoms with van der Waals surface area (Å²) in [5, 5.41) is 0. The molecule has 0 aliphatic rings. The maximum absolute atomic E-state index is 11.1. The first-order valence-electron chi connectivity index (χ1n) is 10.6. The highest BCUT2D eigenvalue weighted by Gasteiger charge is 1.95. The quantitative estimate of drug-likeness (QED) is 0.148. The van der Waals surface area contributed by atoms with Gasteiger partial charge in [-0.05, 0) is 19.8 Å². The van der Waals surface area contributed by atoms with Crippen molar-refractivity contribution in [2.24, 2.45) is 0 Å². The summed E-state index contributed by atoms with van der Waals surface area (Å²) in [6, 6.07) is 0. The van der Waals surface area contributed by atoms with E-state index >= 15 is 0 Å². The third kappa shape index (κ3) is 19.3. The Hall–Kier alpha value is -0.790. The van der Waals surface area contributed by atoms with Gasteiger partial charge in [-0.25, -0.2) is 4.79 Å². The normalized spacial score (nSPS) is 11.2. The van der Waals surface area contributed by atoms with E-state index in [2.05, 4.69) is 6.92 Å². The topological polar surface area (TPSA) is 26.3 Å². The monoisotopic (exact) mass is 338 g/mol. The van der Waals surface area contributed by atoms with Crippen LogP contribution in [0, 0.1) is 0 Å². The van der Waals surface area contributed by atoms with Crippen LogP contribution in [0.4, 0.5) is 0 Å². The number of hydrogen-bond donors (Lipinski definition) is 0. The van der Waals surface area contributed by atoms with Crippen molar-refractivity contribution in [2.75, 3.05) is 6.61 Å². The average Bonchev–Trinajstić information content (AvgIpc) is 2.58. The second-order valence-electron chi connectivity index (χ2n) is 6.89. The van der Waals surface area contributed by atoms with Crippen LogP contribution in [0.15, 0.2) is 12.2 Å². The van der Waals surface area contributed by atoms with Crippen molar-refractivity contribution in [1.82, 2.24) is 0 Å². The van der Waals surface area contributed by atoms with Crippen LogP contribution in [0.25, 0.3) is 0 Å². The molecule has 0 atom stereocenters. The smallest absolute Gasteiger partial charge is 0.330 e. The highest BCUT2D eigenvalue weighted by atomic mass is 16.5. The Morgan fingerprint density at radius 1 is 0.667 bits per heavy atom. The Labute approximate surface area is 151 Å². The van der Waals surface area contributed by atoms with Gasteiger partial charge in [-0.15, -0.1) is 0 Å². The minimum Gasteiger partial charge on any atom is -0.463 e. The van der Waals surface area contributed by atoms with Crippen molar-refractivity contribution in [1.29, 1.82) is 0 Å². The van der Waals surface area contributed by atoms with Gasteiger partial charge in [-0.1, -0.05) is 103 Å². The van der Waals surface area contributed by atoms with Crippen molar-refractivity contribution in [3.05, 3.63) is 12.2 Å². The van der Waals surface area contributed by atoms with Gasteiger partial charge in [-0.3, -0.25) is 0 Å². The summed E-state index contributed by atoms with van der Waals surface area (Å²) in [6.45, 7) is 4.58. The number of allylic oxidation sites excluding steroid dienone is 1. The number of esters is 1. The van der Waals surface area contributed by atoms with Gasteiger partial charge in [0.1, 0.15) is 0 Å². The molecule has 2 nitrogen and oxygen atoms in total. The third-order valence-corrected chi connectivity index (χ3v) is 4.51. The van der Waals surface area contributed by atoms with Gasteiger partial charge in [0, 0.05) is 6.08 Å². The molecule has 0 spiro atoms. The summed E-state index contributed by atoms with van der Waals surface area (Å²) in [7, 11) is 0. The molecule has 24 heavy (non-hydrogen) atoms. The van der Waals surface area contributed by atoms with Gasteiger partial charge < -0.3 is 4.74 Å². The molecular weight excluding hydrogens is 296 g/mol. The highest BCUT2D eigenvalue weighted by Crippen LogP contribution is 2.13. The molecule has 0 aromatic rings. The molecule has 0 saturated carbocycles. The van der Waals surface area contributed by atoms with E-state index in [0.29, 0.717) is 6.61 Å². The molecule has 0 fully saturated rings. The minimum atomic E-state index is -0.210. The highest BCUT2D eigenvalue weighted by molar-refractivity contribution is 5.81. The van der Waals surface area contributed by atoms with Crippen LogP contribution in [0.1, 0.15) is 117 Å². The number of rotatable bonds is 18. The number of carbonyl (C=O) groups excluding carboxylic acids is 1. The van der Waals surface area contributed by atoms with Crippen LogP contribution in [0.2, 0.25) is 0 Å². The first kappa shape index (κ1) is 23.2. The largest absolute Gasteiger partial charge is 0.463 e. The van der Waals surface area contributed by atoms with E-state index in [1.54, 1.807) is 6.08 Å². The van der Waals surface area contributed by atoms with E-state index in [1.165, 1.54) is 96.3 Å². The molecule has 0 aromatic heterocycles. The van der Waals surface area contributed by atoms with Gasteiger partial charge in [-0.2, -0.15) is 0 Å². The molecule has 0 saturated heterocycles. The van der Waals surface area contributed by atoms with Crippen molar-refractivity contribution >= 4 is 5.97 Å². The third-order valence-electron chi connectivity index (χ3n) is 4.51. The van der Waals surface area contributed by atoms with Crippen molar-refractivity contribution in [2.45, 2.75) is 117 Å². The Morgan fingerprint density at radius 3 is 1.50 bits per heavy atom. The molecule has 0 heterocycles. The Balaban J connectivity index is 3.09. The number of hydrogen-bond acceptors (Lipinski definition) is 2. The molecule has 0 aromatic carbocycles. The van der Waals surface area contributed by atoms with Crippen molar-refractivity contribution in [3.8, 4) is 0 Å². The molecule has 0 amide bonds. The van der Waals surface area contributed by atoms with Gasteiger partial charge in [0.25, 0.3) is 0 Å². The zero-order valence-corrected chi connectivity index (χ0v) is 16.5. The fourth-order valence-electron chi connectivity index (χ4n) is 3.00. The predicted molar refractivity (Wildman–Crippen MR) is 105 cm³/mol. The maximum atomic E-state index is 11.1. The van der Waals surface area contributed by atoms with E-state index in [1.807, 2.05) is 13.0 Å². The first-order valence-corrected chi connectivity index (χ1v) is 10.6. The van der Waals surface area contributed by atoms with Crippen LogP contribution in [0.5, 0.6) is 0 Å². The number of carbonyl (C=O) groups is 1. The summed E-state index contributed by atoms with van der Waals surface area (Å²) in [5.74, 6) is -0.210. The van der Waals surface area contributed by atoms with Crippen LogP contribution < -0.4 is 0 Å². The summed E-state index contributed by atoms with van der Waals surface area (Å²) in [6.07, 6.45) is 25.4. The summed E-state index contributed by atoms with van der Waals surface area (Å²) >= 11 is 0. The lowest BCUT2D eigenvalue weighted by Crippen LogP contribution is -1.98. The van der Waals surface area contributed by atoms with Gasteiger partial charge in [0.2, 0.25) is 0 Å². The minimum absolute atomic E-state index is 0.210. The maximum Gasteiger partial charge on any atom is 0.330 e. The van der Waals surface area contributed by atoms with E-state index < -0.39 is 0 Å². The number of ether oxygens (including phenoxy) is 1. The van der Waals surface area contributed by atoms with Gasteiger partial charge in [0.05, 0.1) is 6.61 Å². The van der Waals surface area contributed by atoms with Gasteiger partial charge in [0.15, 0.2) is 0 Å². The summed E-state index contributed by atoms with van der Waals surface area (Å²) < 4.78 is 4.85. The van der Waals surface area contributed by atoms with Crippen LogP contribution in [0.3, 0.4) is 0 Å². The molecule has 0 N–H and O–H groups in total. The fourth-order valence-corrected chi connectivity index (χ4v) is 3.00. The molecule has 0 aliphatic carbocycles. The van der Waals surface area contributed by atoms with E-state index in [-0.39, 0.29) is 5.97 Å². The lowest BCUT2D eigenvalue weighted by molar-refractivity contribution is -0.137. The second-order valence-corrected chi connectivity index (χ2v) is 6.89. The molecular formula is C22H42O2. The average molecular weight is 339 g/mol. The lowest BCUT2D eigenvalue weighted by atomic mass is 10.0. The lowest BCUT2D eigenvalue weighted by Gasteiger charge is -2.03. The van der Waals surface area contributed by atoms with Crippen molar-refractivity contribution in [3.63, 3.8) is 0 Å². The first-order chi connectivity index (χ1) is 11.8. The summed E-state index contributed by atoms with van der Waals surface area (Å²) in [5.41, 5.74) is 0. The molecule has 0 aliphatic heterocycles. The molecule has 0 rings (SSSR count). The predicted octanol–water partition coefficient (Wildman–Crippen LogP) is 7.37. The van der Waals surface area contributed by atoms with E-state index in [9.17, 15) is 4.79 Å². The molecule has 0 unspecified atom stereocenters. The molecule has 2 heteroatoms.